The molecule has 39 heavy (non-hydrogen) atoms. The van der Waals surface area contributed by atoms with Gasteiger partial charge in [0.05, 0.1) is 16.7 Å². The van der Waals surface area contributed by atoms with Crippen LogP contribution in [0.5, 0.6) is 0 Å². The summed E-state index contributed by atoms with van der Waals surface area (Å²) in [6, 6.07) is 3.35. The number of aliphatic hydroxyl groups excluding tert-OH is 2. The number of benzene rings is 1. The first-order valence-electron chi connectivity index (χ1n) is 11.5. The van der Waals surface area contributed by atoms with E-state index in [1.165, 1.54) is 19.9 Å². The van der Waals surface area contributed by atoms with Crippen molar-refractivity contribution in [3.8, 4) is 0 Å². The molecule has 0 saturated heterocycles. The van der Waals surface area contributed by atoms with Crippen LogP contribution < -0.4 is 0 Å². The van der Waals surface area contributed by atoms with Gasteiger partial charge in [0.2, 0.25) is 0 Å². The molecule has 1 aromatic carbocycles. The highest BCUT2D eigenvalue weighted by atomic mass is 16.6. The summed E-state index contributed by atoms with van der Waals surface area (Å²) < 4.78 is 24.7. The Hall–Kier alpha value is -4.29. The van der Waals surface area contributed by atoms with Gasteiger partial charge in [0, 0.05) is 11.1 Å². The number of aliphatic hydroxyl groups is 2. The van der Waals surface area contributed by atoms with Gasteiger partial charge < -0.3 is 33.9 Å². The van der Waals surface area contributed by atoms with Crippen molar-refractivity contribution in [2.75, 3.05) is 33.0 Å². The molecule has 0 aliphatic rings. The molecule has 0 heterocycles. The summed E-state index contributed by atoms with van der Waals surface area (Å²) in [5, 5.41) is 19.8. The molecule has 12 heteroatoms. The third-order valence-corrected chi connectivity index (χ3v) is 4.47. The van der Waals surface area contributed by atoms with Crippen LogP contribution in [0.25, 0.3) is 0 Å². The number of ether oxygens (including phenoxy) is 5. The molecule has 0 amide bonds. The molecule has 0 aliphatic carbocycles. The number of hydrogen-bond acceptors (Lipinski definition) is 12. The van der Waals surface area contributed by atoms with Crippen LogP contribution in [0, 0.1) is 0 Å². The standard InChI is InChI=1S/C27H32O12/c1-15(2)10-35-26(33)21-8-7-18(25(32)38-13-19(28)11-36-23(30)16(3)4)9-22(21)27(34)39-14-20(29)12-37-24(31)17(5)6/h7-9,19-20,28-29H,1,3,5,10-14H2,2,4,6H3. The lowest BCUT2D eigenvalue weighted by Gasteiger charge is -2.15. The molecule has 0 saturated carbocycles. The molecule has 1 rings (SSSR count). The summed E-state index contributed by atoms with van der Waals surface area (Å²) in [4.78, 5) is 60.7. The van der Waals surface area contributed by atoms with Crippen molar-refractivity contribution in [3.05, 3.63) is 71.3 Å². The van der Waals surface area contributed by atoms with Crippen molar-refractivity contribution < 1.29 is 57.9 Å². The van der Waals surface area contributed by atoms with E-state index in [2.05, 4.69) is 19.7 Å². The van der Waals surface area contributed by atoms with Crippen LogP contribution in [-0.2, 0) is 33.3 Å². The van der Waals surface area contributed by atoms with Crippen molar-refractivity contribution in [1.29, 1.82) is 0 Å². The van der Waals surface area contributed by atoms with Gasteiger partial charge in [0.25, 0.3) is 0 Å². The van der Waals surface area contributed by atoms with E-state index in [4.69, 9.17) is 23.7 Å². The van der Waals surface area contributed by atoms with E-state index in [0.717, 1.165) is 12.1 Å². The minimum atomic E-state index is -1.38. The summed E-state index contributed by atoms with van der Waals surface area (Å²) in [7, 11) is 0. The lowest BCUT2D eigenvalue weighted by atomic mass is 10.0. The van der Waals surface area contributed by atoms with Crippen molar-refractivity contribution in [2.24, 2.45) is 0 Å². The zero-order chi connectivity index (χ0) is 29.7. The van der Waals surface area contributed by atoms with Gasteiger partial charge in [-0.05, 0) is 44.5 Å². The molecule has 212 valence electrons. The maximum absolute atomic E-state index is 12.8. The van der Waals surface area contributed by atoms with Gasteiger partial charge in [0.1, 0.15) is 45.2 Å². The maximum atomic E-state index is 12.8. The van der Waals surface area contributed by atoms with Gasteiger partial charge in [0.15, 0.2) is 0 Å². The third-order valence-electron chi connectivity index (χ3n) is 4.47. The predicted octanol–water partition coefficient (Wildman–Crippen LogP) is 1.69. The average molecular weight is 549 g/mol. The molecule has 0 fully saturated rings. The van der Waals surface area contributed by atoms with E-state index in [1.54, 1.807) is 6.92 Å². The monoisotopic (exact) mass is 548 g/mol. The molecular weight excluding hydrogens is 516 g/mol. The molecule has 2 unspecified atom stereocenters. The number of carbonyl (C=O) groups excluding carboxylic acids is 5. The minimum absolute atomic E-state index is 0.112. The zero-order valence-electron chi connectivity index (χ0n) is 22.0. The molecule has 1 aromatic rings. The van der Waals surface area contributed by atoms with Gasteiger partial charge >= 0.3 is 29.8 Å². The quantitative estimate of drug-likeness (QED) is 0.141. The summed E-state index contributed by atoms with van der Waals surface area (Å²) >= 11 is 0. The lowest BCUT2D eigenvalue weighted by molar-refractivity contribution is -0.143. The largest absolute Gasteiger partial charge is 0.459 e. The summed E-state index contributed by atoms with van der Waals surface area (Å²) in [6.45, 7) is 12.7. The fraction of sp³-hybridized carbons (Fsp3) is 0.370. The first-order valence-corrected chi connectivity index (χ1v) is 11.5. The molecule has 0 aliphatic heterocycles. The Balaban J connectivity index is 2.98. The van der Waals surface area contributed by atoms with Crippen LogP contribution in [0.1, 0.15) is 51.8 Å². The normalized spacial score (nSPS) is 11.8. The van der Waals surface area contributed by atoms with Crippen molar-refractivity contribution in [3.63, 3.8) is 0 Å². The van der Waals surface area contributed by atoms with E-state index >= 15 is 0 Å². The Morgan fingerprint density at radius 3 is 1.56 bits per heavy atom. The van der Waals surface area contributed by atoms with E-state index in [9.17, 15) is 34.2 Å². The van der Waals surface area contributed by atoms with Crippen molar-refractivity contribution >= 4 is 29.8 Å². The Kier molecular flexibility index (Phi) is 13.3. The SMILES string of the molecule is C=C(C)COC(=O)c1ccc(C(=O)OCC(O)COC(=O)C(=C)C)cc1C(=O)OCC(O)COC(=O)C(=C)C. The second-order valence-electron chi connectivity index (χ2n) is 8.56. The molecule has 2 N–H and O–H groups in total. The predicted molar refractivity (Wildman–Crippen MR) is 136 cm³/mol. The lowest BCUT2D eigenvalue weighted by Crippen LogP contribution is -2.27. The van der Waals surface area contributed by atoms with Crippen LogP contribution in [-0.4, -0.2) is 85.3 Å². The van der Waals surface area contributed by atoms with Gasteiger partial charge in [-0.25, -0.2) is 24.0 Å². The van der Waals surface area contributed by atoms with E-state index in [-0.39, 0.29) is 34.4 Å². The maximum Gasteiger partial charge on any atom is 0.339 e. The smallest absolute Gasteiger partial charge is 0.339 e. The molecule has 12 nitrogen and oxygen atoms in total. The summed E-state index contributed by atoms with van der Waals surface area (Å²) in [6.07, 6.45) is -2.72. The zero-order valence-corrected chi connectivity index (χ0v) is 22.0. The molecule has 0 aromatic heterocycles. The minimum Gasteiger partial charge on any atom is -0.459 e. The first-order chi connectivity index (χ1) is 18.2. The molecule has 0 spiro atoms. The first kappa shape index (κ1) is 32.7. The Morgan fingerprint density at radius 1 is 0.667 bits per heavy atom. The molecular formula is C27H32O12. The Bertz CT molecular complexity index is 1130. The number of esters is 5. The number of carbonyl (C=O) groups is 5. The van der Waals surface area contributed by atoms with Crippen molar-refractivity contribution in [1.82, 2.24) is 0 Å². The number of hydrogen-bond donors (Lipinski definition) is 2. The molecule has 2 atom stereocenters. The Morgan fingerprint density at radius 2 is 1.10 bits per heavy atom. The summed E-state index contributed by atoms with van der Waals surface area (Å²) in [5.74, 6) is -4.44. The van der Waals surface area contributed by atoms with Crippen molar-refractivity contribution in [2.45, 2.75) is 33.0 Å². The average Bonchev–Trinajstić information content (AvgIpc) is 2.89. The van der Waals surface area contributed by atoms with Crippen LogP contribution in [0.4, 0.5) is 0 Å². The van der Waals surface area contributed by atoms with Gasteiger partial charge in [-0.15, -0.1) is 0 Å². The fourth-order valence-corrected chi connectivity index (χ4v) is 2.48. The highest BCUT2D eigenvalue weighted by Crippen LogP contribution is 2.17. The topological polar surface area (TPSA) is 172 Å². The second-order valence-corrected chi connectivity index (χ2v) is 8.56. The van der Waals surface area contributed by atoms with E-state index in [0.29, 0.717) is 5.57 Å². The highest BCUT2D eigenvalue weighted by molar-refractivity contribution is 6.05. The van der Waals surface area contributed by atoms with Crippen LogP contribution >= 0.6 is 0 Å². The van der Waals surface area contributed by atoms with Crippen LogP contribution in [0.2, 0.25) is 0 Å². The molecule has 0 radical (unpaired) electrons. The number of rotatable bonds is 15. The van der Waals surface area contributed by atoms with Crippen LogP contribution in [0.15, 0.2) is 54.7 Å². The Labute approximate surface area is 225 Å². The van der Waals surface area contributed by atoms with E-state index in [1.807, 2.05) is 0 Å². The third kappa shape index (κ3) is 11.8. The molecule has 0 bridgehead atoms. The highest BCUT2D eigenvalue weighted by Gasteiger charge is 2.24. The second kappa shape index (κ2) is 15.8. The van der Waals surface area contributed by atoms with Gasteiger partial charge in [-0.3, -0.25) is 0 Å². The van der Waals surface area contributed by atoms with Crippen LogP contribution in [0.3, 0.4) is 0 Å². The van der Waals surface area contributed by atoms with E-state index < -0.39 is 68.5 Å². The van der Waals surface area contributed by atoms with Gasteiger partial charge in [-0.1, -0.05) is 19.7 Å². The summed E-state index contributed by atoms with van der Waals surface area (Å²) in [5.41, 5.74) is -0.0267. The fourth-order valence-electron chi connectivity index (χ4n) is 2.48. The van der Waals surface area contributed by atoms with Gasteiger partial charge in [-0.2, -0.15) is 0 Å².